The maximum absolute atomic E-state index is 8.68. The first-order chi connectivity index (χ1) is 40.4. The van der Waals surface area contributed by atoms with Crippen molar-refractivity contribution >= 4 is 108 Å². The minimum Gasteiger partial charge on any atom is -0.310 e. The average molecular weight is 1190 g/mol. The van der Waals surface area contributed by atoms with E-state index in [1.807, 2.05) is 0 Å². The average Bonchev–Trinajstić information content (AvgIpc) is 0.827. The van der Waals surface area contributed by atoms with Crippen molar-refractivity contribution < 1.29 is 0 Å². The highest BCUT2D eigenvalue weighted by molar-refractivity contribution is 7.18. The van der Waals surface area contributed by atoms with Crippen molar-refractivity contribution in [3.8, 4) is 0 Å². The minimum absolute atomic E-state index is 0.000856. The lowest BCUT2D eigenvalue weighted by Crippen LogP contribution is -2.72. The fraction of sp³-hybridized carbons (Fsp3) is 0.300. The molecule has 9 aromatic carbocycles. The second-order valence-electron chi connectivity index (χ2n) is 29.9. The van der Waals surface area contributed by atoms with Gasteiger partial charge in [-0.05, 0) is 166 Å². The lowest BCUT2D eigenvalue weighted by molar-refractivity contribution is 0.590. The van der Waals surface area contributed by atoms with Crippen molar-refractivity contribution in [3.05, 3.63) is 251 Å². The summed E-state index contributed by atoms with van der Waals surface area (Å²) < 4.78 is 1.23. The van der Waals surface area contributed by atoms with Gasteiger partial charge in [-0.3, -0.25) is 0 Å². The highest BCUT2D eigenvalue weighted by atomic mass is 35.5. The van der Waals surface area contributed by atoms with Gasteiger partial charge in [0, 0.05) is 49.6 Å². The van der Waals surface area contributed by atoms with E-state index in [1.54, 1.807) is 11.3 Å². The number of thiophene rings is 1. The van der Waals surface area contributed by atoms with Crippen LogP contribution >= 0.6 is 22.9 Å². The maximum Gasteiger partial charge on any atom is 0.153 e. The summed E-state index contributed by atoms with van der Waals surface area (Å²) in [7, 11) is -3.12. The molecule has 0 radical (unpaired) electrons. The van der Waals surface area contributed by atoms with Gasteiger partial charge in [-0.1, -0.05) is 258 Å². The molecule has 10 aromatic rings. The zero-order valence-corrected chi connectivity index (χ0v) is 57.0. The molecular formula is C80H90ClN3SSi. The van der Waals surface area contributed by atoms with E-state index in [0.717, 1.165) is 51.2 Å². The van der Waals surface area contributed by atoms with Crippen LogP contribution in [-0.4, -0.2) is 8.07 Å². The summed E-state index contributed by atoms with van der Waals surface area (Å²) in [6.07, 6.45) is 0. The minimum atomic E-state index is -3.12. The van der Waals surface area contributed by atoms with E-state index in [0.29, 0.717) is 5.02 Å². The first kappa shape index (κ1) is 61.9. The van der Waals surface area contributed by atoms with E-state index in [-0.39, 0.29) is 32.1 Å². The summed E-state index contributed by atoms with van der Waals surface area (Å²) in [6.45, 7) is 41.7. The molecule has 0 saturated carbocycles. The van der Waals surface area contributed by atoms with Crippen LogP contribution in [0.5, 0.6) is 0 Å². The van der Waals surface area contributed by atoms with Crippen LogP contribution in [-0.2, 0) is 27.1 Å². The Hall–Kier alpha value is -7.15. The van der Waals surface area contributed by atoms with Gasteiger partial charge in [0.1, 0.15) is 0 Å². The molecule has 442 valence electrons. The Morgan fingerprint density at radius 1 is 0.302 bits per heavy atom. The number of halogens is 1. The van der Waals surface area contributed by atoms with Gasteiger partial charge in [0.2, 0.25) is 0 Å². The third kappa shape index (κ3) is 12.3. The van der Waals surface area contributed by atoms with E-state index < -0.39 is 8.07 Å². The van der Waals surface area contributed by atoms with Gasteiger partial charge >= 0.3 is 0 Å². The Kier molecular flexibility index (Phi) is 16.7. The van der Waals surface area contributed by atoms with Crippen LogP contribution in [0, 0.1) is 0 Å². The molecule has 0 spiro atoms. The molecule has 10 rings (SSSR count). The molecule has 0 bridgehead atoms. The fourth-order valence-corrected chi connectivity index (χ4v) is 19.3. The van der Waals surface area contributed by atoms with Crippen molar-refractivity contribution in [3.63, 3.8) is 0 Å². The Bertz CT molecular complexity index is 3870. The standard InChI is InChI=1S/C80H90ClN3SSi/c1-75(2,3)55-32-41-60(42-33-55)82(61-43-34-56(35-44-61)76(4,5)6)64-26-25-27-65(51-64)83(62-45-36-57(37-46-62)77(7,8)9)70-52-68(86(80(16,17)18,66-28-21-19-22-29-66)67-30-23-20-24-31-67)53-71(74(70)81)84(63-47-38-58(39-48-63)78(10,11)12)72-54-85-73-49-40-59(50-69(72)73)79(13,14)15/h19-54H,1-18H3. The van der Waals surface area contributed by atoms with Crippen LogP contribution in [0.2, 0.25) is 10.1 Å². The summed E-state index contributed by atoms with van der Waals surface area (Å²) in [5.41, 5.74) is 15.4. The van der Waals surface area contributed by atoms with E-state index >= 15 is 0 Å². The number of anilines is 9. The molecule has 0 aliphatic rings. The largest absolute Gasteiger partial charge is 0.310 e. The summed E-state index contributed by atoms with van der Waals surface area (Å²) in [6, 6.07) is 80.6. The molecular weight excluding hydrogens is 1100 g/mol. The predicted molar refractivity (Wildman–Crippen MR) is 382 cm³/mol. The van der Waals surface area contributed by atoms with Crippen molar-refractivity contribution in [2.75, 3.05) is 14.7 Å². The van der Waals surface area contributed by atoms with Crippen molar-refractivity contribution in [2.24, 2.45) is 0 Å². The van der Waals surface area contributed by atoms with Gasteiger partial charge in [0.05, 0.1) is 22.1 Å². The summed E-state index contributed by atoms with van der Waals surface area (Å²) in [5, 5.41) is 7.88. The first-order valence-corrected chi connectivity index (χ1v) is 34.0. The smallest absolute Gasteiger partial charge is 0.153 e. The summed E-state index contributed by atoms with van der Waals surface area (Å²) in [4.78, 5) is 7.33. The summed E-state index contributed by atoms with van der Waals surface area (Å²) >= 11 is 10.5. The van der Waals surface area contributed by atoms with Gasteiger partial charge in [-0.25, -0.2) is 0 Å². The van der Waals surface area contributed by atoms with Gasteiger partial charge in [0.15, 0.2) is 8.07 Å². The molecule has 86 heavy (non-hydrogen) atoms. The molecule has 1 aromatic heterocycles. The van der Waals surface area contributed by atoms with Crippen LogP contribution < -0.4 is 30.3 Å². The molecule has 0 amide bonds. The van der Waals surface area contributed by atoms with Crippen LogP contribution in [0.25, 0.3) is 10.1 Å². The number of nitrogens with zero attached hydrogens (tertiary/aromatic N) is 3. The second kappa shape index (κ2) is 23.2. The lowest BCUT2D eigenvalue weighted by atomic mass is 9.86. The third-order valence-corrected chi connectivity index (χ3v) is 24.6. The fourth-order valence-electron chi connectivity index (χ4n) is 12.5. The van der Waals surface area contributed by atoms with E-state index in [1.165, 1.54) is 53.5 Å². The van der Waals surface area contributed by atoms with Crippen LogP contribution in [0.15, 0.2) is 218 Å². The van der Waals surface area contributed by atoms with Crippen molar-refractivity contribution in [2.45, 2.75) is 157 Å². The predicted octanol–water partition coefficient (Wildman–Crippen LogP) is 22.7. The normalized spacial score (nSPS) is 12.8. The van der Waals surface area contributed by atoms with Gasteiger partial charge in [-0.2, -0.15) is 0 Å². The number of rotatable bonds is 12. The SMILES string of the molecule is CC(C)(C)c1ccc(N(c2ccc(C(C)(C)C)cc2)c2cccc(N(c3ccc(C(C)(C)C)cc3)c3cc([Si](c4ccccc4)(c4ccccc4)C(C)(C)C)cc(N(c4ccc(C(C)(C)C)cc4)c4csc5ccc(C(C)(C)C)cc45)c3Cl)c2)cc1. The molecule has 3 nitrogen and oxygen atoms in total. The Morgan fingerprint density at radius 3 is 1.03 bits per heavy atom. The van der Waals surface area contributed by atoms with E-state index in [2.05, 4.69) is 357 Å². The molecule has 0 aliphatic heterocycles. The lowest BCUT2D eigenvalue weighted by Gasteiger charge is -2.45. The Labute approximate surface area is 526 Å². The van der Waals surface area contributed by atoms with Gasteiger partial charge < -0.3 is 14.7 Å². The second-order valence-corrected chi connectivity index (χ2v) is 35.9. The number of hydrogen-bond donors (Lipinski definition) is 0. The van der Waals surface area contributed by atoms with Crippen LogP contribution in [0.3, 0.4) is 0 Å². The number of hydrogen-bond acceptors (Lipinski definition) is 4. The van der Waals surface area contributed by atoms with E-state index in [9.17, 15) is 0 Å². The number of benzene rings is 9. The molecule has 0 fully saturated rings. The quantitative estimate of drug-likeness (QED) is 0.0892. The van der Waals surface area contributed by atoms with Crippen LogP contribution in [0.1, 0.15) is 152 Å². The van der Waals surface area contributed by atoms with Gasteiger partial charge in [0.25, 0.3) is 0 Å². The zero-order chi connectivity index (χ0) is 61.9. The molecule has 0 N–H and O–H groups in total. The Morgan fingerprint density at radius 2 is 0.651 bits per heavy atom. The third-order valence-electron chi connectivity index (χ3n) is 17.5. The molecule has 6 heteroatoms. The van der Waals surface area contributed by atoms with Crippen molar-refractivity contribution in [1.82, 2.24) is 0 Å². The van der Waals surface area contributed by atoms with Crippen molar-refractivity contribution in [1.29, 1.82) is 0 Å². The molecule has 0 atom stereocenters. The first-order valence-electron chi connectivity index (χ1n) is 30.8. The topological polar surface area (TPSA) is 9.72 Å². The molecule has 0 aliphatic carbocycles. The Balaban J connectivity index is 1.34. The monoisotopic (exact) mass is 1190 g/mol. The van der Waals surface area contributed by atoms with Gasteiger partial charge in [-0.15, -0.1) is 11.3 Å². The summed E-state index contributed by atoms with van der Waals surface area (Å²) in [5.74, 6) is 0. The van der Waals surface area contributed by atoms with E-state index in [4.69, 9.17) is 11.6 Å². The maximum atomic E-state index is 8.68. The highest BCUT2D eigenvalue weighted by Gasteiger charge is 2.50. The molecule has 0 saturated heterocycles. The van der Waals surface area contributed by atoms with Crippen LogP contribution in [0.4, 0.5) is 51.2 Å². The molecule has 0 unspecified atom stereocenters. The molecule has 1 heterocycles. The highest BCUT2D eigenvalue weighted by Crippen LogP contribution is 2.52. The zero-order valence-electron chi connectivity index (χ0n) is 54.4. The number of fused-ring (bicyclic) bond motifs is 1.